The molecule has 3 rings (SSSR count). The lowest BCUT2D eigenvalue weighted by molar-refractivity contribution is -0.136. The molecule has 2 aromatic rings. The Labute approximate surface area is 144 Å². The van der Waals surface area contributed by atoms with E-state index in [1.54, 1.807) is 6.07 Å². The highest BCUT2D eigenvalue weighted by atomic mass is 35.5. The number of nitrogens with zero attached hydrogens (tertiary/aromatic N) is 2. The van der Waals surface area contributed by atoms with E-state index in [1.165, 1.54) is 6.20 Å². The number of hydrogen-bond acceptors (Lipinski definition) is 4. The third-order valence-electron chi connectivity index (χ3n) is 3.64. The highest BCUT2D eigenvalue weighted by Gasteiger charge is 2.42. The van der Waals surface area contributed by atoms with Crippen LogP contribution in [0.2, 0.25) is 0 Å². The average molecular weight is 378 g/mol. The molecule has 0 amide bonds. The van der Waals surface area contributed by atoms with E-state index in [0.29, 0.717) is 4.70 Å². The van der Waals surface area contributed by atoms with Gasteiger partial charge in [-0.2, -0.15) is 13.2 Å². The van der Waals surface area contributed by atoms with Crippen LogP contribution in [0.3, 0.4) is 0 Å². The van der Waals surface area contributed by atoms with Crippen molar-refractivity contribution < 1.29 is 17.6 Å². The van der Waals surface area contributed by atoms with Crippen molar-refractivity contribution >= 4 is 38.4 Å². The van der Waals surface area contributed by atoms with Gasteiger partial charge in [-0.05, 0) is 29.1 Å². The molecule has 3 heterocycles. The predicted octanol–water partition coefficient (Wildman–Crippen LogP) is 5.49. The van der Waals surface area contributed by atoms with Gasteiger partial charge in [0.15, 0.2) is 5.29 Å². The lowest BCUT2D eigenvalue weighted by Gasteiger charge is -2.20. The molecule has 3 nitrogen and oxygen atoms in total. The monoisotopic (exact) mass is 377 g/mol. The van der Waals surface area contributed by atoms with Crippen LogP contribution in [-0.4, -0.2) is 10.3 Å². The lowest BCUT2D eigenvalue weighted by atomic mass is 10.0. The first-order valence-corrected chi connectivity index (χ1v) is 8.23. The molecule has 0 aliphatic carbocycles. The van der Waals surface area contributed by atoms with Gasteiger partial charge in [-0.15, -0.1) is 11.3 Å². The topological polar surface area (TPSA) is 37.3 Å². The van der Waals surface area contributed by atoms with Gasteiger partial charge >= 0.3 is 6.18 Å². The number of amidine groups is 1. The van der Waals surface area contributed by atoms with Gasteiger partial charge in [0.1, 0.15) is 11.9 Å². The molecule has 1 N–H and O–H groups in total. The minimum Gasteiger partial charge on any atom is -0.346 e. The molecule has 1 atom stereocenters. The van der Waals surface area contributed by atoms with Crippen molar-refractivity contribution in [3.05, 3.63) is 40.3 Å². The summed E-state index contributed by atoms with van der Waals surface area (Å²) >= 11 is 6.59. The molecule has 0 saturated carbocycles. The summed E-state index contributed by atoms with van der Waals surface area (Å²) in [6, 6.07) is 0.355. The number of rotatable bonds is 2. The summed E-state index contributed by atoms with van der Waals surface area (Å²) in [4.78, 5) is 7.22. The van der Waals surface area contributed by atoms with E-state index in [1.807, 2.05) is 13.8 Å². The zero-order chi connectivity index (χ0) is 17.6. The maximum atomic E-state index is 14.1. The Bertz CT molecular complexity index is 854. The fraction of sp³-hybridized carbons (Fsp3) is 0.333. The van der Waals surface area contributed by atoms with E-state index in [9.17, 15) is 17.6 Å². The SMILES string of the molecule is CC(C)c1ccnc2c(C(F)(F)F)c(C3NC(Cl)=NC=C3F)sc12. The van der Waals surface area contributed by atoms with Crippen molar-refractivity contribution in [2.45, 2.75) is 32.0 Å². The Kier molecular flexibility index (Phi) is 4.29. The van der Waals surface area contributed by atoms with Gasteiger partial charge in [0.05, 0.1) is 22.0 Å². The minimum absolute atomic E-state index is 0.00735. The molecule has 0 bridgehead atoms. The highest BCUT2D eigenvalue weighted by molar-refractivity contribution is 7.19. The van der Waals surface area contributed by atoms with Crippen LogP contribution in [-0.2, 0) is 6.18 Å². The molecule has 0 aromatic carbocycles. The summed E-state index contributed by atoms with van der Waals surface area (Å²) in [7, 11) is 0. The zero-order valence-electron chi connectivity index (χ0n) is 12.6. The van der Waals surface area contributed by atoms with Gasteiger partial charge < -0.3 is 5.32 Å². The summed E-state index contributed by atoms with van der Waals surface area (Å²) < 4.78 is 55.5. The van der Waals surface area contributed by atoms with Crippen molar-refractivity contribution in [2.24, 2.45) is 4.99 Å². The van der Waals surface area contributed by atoms with E-state index in [-0.39, 0.29) is 21.6 Å². The lowest BCUT2D eigenvalue weighted by Crippen LogP contribution is -2.28. The molecule has 2 aromatic heterocycles. The number of pyridine rings is 1. The molecule has 128 valence electrons. The number of hydrogen-bond donors (Lipinski definition) is 1. The Hall–Kier alpha value is -1.67. The van der Waals surface area contributed by atoms with Crippen LogP contribution in [0, 0.1) is 0 Å². The summed E-state index contributed by atoms with van der Waals surface area (Å²) in [6.07, 6.45) is -2.50. The number of halogens is 5. The third-order valence-corrected chi connectivity index (χ3v) is 5.14. The van der Waals surface area contributed by atoms with Gasteiger partial charge in [0, 0.05) is 11.1 Å². The van der Waals surface area contributed by atoms with Gasteiger partial charge in [-0.25, -0.2) is 9.38 Å². The van der Waals surface area contributed by atoms with Gasteiger partial charge in [-0.3, -0.25) is 4.98 Å². The Morgan fingerprint density at radius 2 is 2.04 bits per heavy atom. The Morgan fingerprint density at radius 1 is 1.33 bits per heavy atom. The number of alkyl halides is 3. The molecule has 1 aliphatic rings. The Morgan fingerprint density at radius 3 is 2.67 bits per heavy atom. The van der Waals surface area contributed by atoms with Crippen LogP contribution < -0.4 is 5.32 Å². The molecule has 24 heavy (non-hydrogen) atoms. The number of aromatic nitrogens is 1. The molecule has 9 heteroatoms. The zero-order valence-corrected chi connectivity index (χ0v) is 14.2. The van der Waals surface area contributed by atoms with E-state index in [0.717, 1.165) is 23.1 Å². The largest absolute Gasteiger partial charge is 0.419 e. The second kappa shape index (κ2) is 6.00. The molecular weight excluding hydrogens is 366 g/mol. The summed E-state index contributed by atoms with van der Waals surface area (Å²) in [5.74, 6) is -0.824. The third kappa shape index (κ3) is 2.88. The summed E-state index contributed by atoms with van der Waals surface area (Å²) in [5.41, 5.74) is -0.360. The number of thiophene rings is 1. The van der Waals surface area contributed by atoms with Crippen LogP contribution in [0.15, 0.2) is 29.3 Å². The molecule has 0 spiro atoms. The number of aliphatic imine (C=N–C) groups is 1. The molecule has 0 radical (unpaired) electrons. The first kappa shape index (κ1) is 17.2. The van der Waals surface area contributed by atoms with E-state index in [4.69, 9.17) is 11.6 Å². The number of nitrogens with one attached hydrogen (secondary N) is 1. The normalized spacial score (nSPS) is 18.6. The van der Waals surface area contributed by atoms with Crippen molar-refractivity contribution in [1.29, 1.82) is 0 Å². The van der Waals surface area contributed by atoms with Crippen LogP contribution in [0.5, 0.6) is 0 Å². The standard InChI is InChI=1S/C15H12ClF4N3S/c1-6(2)7-3-4-21-11-9(15(18,19)20)13(24-12(7)11)10-8(17)5-22-14(16)23-10/h3-6,10H,1-2H3,(H,22,23). The van der Waals surface area contributed by atoms with Gasteiger partial charge in [0.2, 0.25) is 0 Å². The summed E-state index contributed by atoms with van der Waals surface area (Å²) in [6.45, 7) is 3.76. The fourth-order valence-corrected chi connectivity index (χ4v) is 4.22. The molecule has 0 fully saturated rings. The van der Waals surface area contributed by atoms with Crippen molar-refractivity contribution in [3.8, 4) is 0 Å². The fourth-order valence-electron chi connectivity index (χ4n) is 2.57. The molecule has 0 saturated heterocycles. The average Bonchev–Trinajstić information content (AvgIpc) is 2.88. The van der Waals surface area contributed by atoms with Crippen LogP contribution in [0.1, 0.15) is 41.8 Å². The Balaban J connectivity index is 2.30. The first-order valence-electron chi connectivity index (χ1n) is 7.04. The predicted molar refractivity (Wildman–Crippen MR) is 87.1 cm³/mol. The smallest absolute Gasteiger partial charge is 0.346 e. The van der Waals surface area contributed by atoms with Crippen molar-refractivity contribution in [1.82, 2.24) is 10.3 Å². The van der Waals surface area contributed by atoms with E-state index >= 15 is 0 Å². The first-order chi connectivity index (χ1) is 11.2. The highest BCUT2D eigenvalue weighted by Crippen LogP contribution is 2.47. The molecular formula is C15H12ClF4N3S. The maximum absolute atomic E-state index is 14.1. The van der Waals surface area contributed by atoms with Crippen LogP contribution in [0.25, 0.3) is 10.2 Å². The van der Waals surface area contributed by atoms with Gasteiger partial charge in [-0.1, -0.05) is 13.8 Å². The van der Waals surface area contributed by atoms with Crippen molar-refractivity contribution in [2.75, 3.05) is 0 Å². The quantitative estimate of drug-likeness (QED) is 0.555. The van der Waals surface area contributed by atoms with Gasteiger partial charge in [0.25, 0.3) is 0 Å². The summed E-state index contributed by atoms with van der Waals surface area (Å²) in [5, 5.41) is 2.30. The minimum atomic E-state index is -4.67. The second-order valence-corrected chi connectivity index (χ2v) is 6.99. The molecule has 1 unspecified atom stereocenters. The van der Waals surface area contributed by atoms with Crippen LogP contribution >= 0.6 is 22.9 Å². The van der Waals surface area contributed by atoms with Crippen LogP contribution in [0.4, 0.5) is 17.6 Å². The number of fused-ring (bicyclic) bond motifs is 1. The van der Waals surface area contributed by atoms with Crippen molar-refractivity contribution in [3.63, 3.8) is 0 Å². The second-order valence-electron chi connectivity index (χ2n) is 5.58. The van der Waals surface area contributed by atoms with E-state index < -0.39 is 23.6 Å². The maximum Gasteiger partial charge on any atom is 0.419 e. The molecule has 1 aliphatic heterocycles. The van der Waals surface area contributed by atoms with E-state index in [2.05, 4.69) is 15.3 Å².